The number of carbonyl (C=O) groups is 2. The van der Waals surface area contributed by atoms with Crippen molar-refractivity contribution in [2.75, 3.05) is 27.4 Å². The number of hydrogen-bond acceptors (Lipinski definition) is 6. The van der Waals surface area contributed by atoms with Crippen LogP contribution in [0.2, 0.25) is 0 Å². The maximum Gasteiger partial charge on any atom is 0.307 e. The Morgan fingerprint density at radius 1 is 1.12 bits per heavy atom. The minimum atomic E-state index is -0.372. The molecule has 0 aliphatic rings. The van der Waals surface area contributed by atoms with E-state index in [0.717, 1.165) is 5.56 Å². The number of benzene rings is 1. The van der Waals surface area contributed by atoms with E-state index in [1.54, 1.807) is 54.7 Å². The summed E-state index contributed by atoms with van der Waals surface area (Å²) in [7, 11) is 2.88. The number of ether oxygens (including phenoxy) is 3. The minimum Gasteiger partial charge on any atom is -0.497 e. The van der Waals surface area contributed by atoms with Gasteiger partial charge in [0.2, 0.25) is 0 Å². The lowest BCUT2D eigenvalue weighted by atomic mass is 10.2. The van der Waals surface area contributed by atoms with Crippen LogP contribution >= 0.6 is 0 Å². The lowest BCUT2D eigenvalue weighted by molar-refractivity contribution is -0.142. The highest BCUT2D eigenvalue weighted by atomic mass is 16.5. The van der Waals surface area contributed by atoms with Gasteiger partial charge in [-0.25, -0.2) is 0 Å². The van der Waals surface area contributed by atoms with E-state index in [0.29, 0.717) is 18.0 Å². The largest absolute Gasteiger partial charge is 0.497 e. The first-order valence-corrected chi connectivity index (χ1v) is 8.12. The number of methoxy groups -OCH3 is 2. The van der Waals surface area contributed by atoms with Gasteiger partial charge in [0.25, 0.3) is 5.91 Å². The second-order valence-electron chi connectivity index (χ2n) is 5.47. The molecule has 0 aliphatic heterocycles. The zero-order valence-electron chi connectivity index (χ0n) is 14.9. The highest BCUT2D eigenvalue weighted by molar-refractivity contribution is 5.78. The van der Waals surface area contributed by atoms with Gasteiger partial charge in [0.05, 0.1) is 20.6 Å². The van der Waals surface area contributed by atoms with E-state index in [1.165, 1.54) is 7.11 Å². The molecule has 2 rings (SSSR count). The van der Waals surface area contributed by atoms with Gasteiger partial charge in [-0.05, 0) is 23.8 Å². The van der Waals surface area contributed by atoms with Crippen LogP contribution in [0.25, 0.3) is 0 Å². The number of rotatable bonds is 9. The van der Waals surface area contributed by atoms with Crippen LogP contribution in [0.3, 0.4) is 0 Å². The summed E-state index contributed by atoms with van der Waals surface area (Å²) < 4.78 is 15.3. The number of pyridine rings is 1. The molecule has 1 heterocycles. The van der Waals surface area contributed by atoms with Crippen molar-refractivity contribution in [3.05, 3.63) is 54.4 Å². The molecule has 1 amide bonds. The fourth-order valence-corrected chi connectivity index (χ4v) is 2.26. The second kappa shape index (κ2) is 10.0. The number of carbonyl (C=O) groups excluding carboxylic acids is 2. The van der Waals surface area contributed by atoms with Crippen molar-refractivity contribution in [2.24, 2.45) is 0 Å². The van der Waals surface area contributed by atoms with Crippen molar-refractivity contribution >= 4 is 11.9 Å². The summed E-state index contributed by atoms with van der Waals surface area (Å²) in [5, 5.41) is 0. The Labute approximate surface area is 152 Å². The second-order valence-corrected chi connectivity index (χ2v) is 5.47. The molecule has 7 heteroatoms. The molecular formula is C19H22N2O5. The summed E-state index contributed by atoms with van der Waals surface area (Å²) in [6.45, 7) is 0.432. The summed E-state index contributed by atoms with van der Waals surface area (Å²) in [4.78, 5) is 29.6. The lowest BCUT2D eigenvalue weighted by Gasteiger charge is -2.22. The van der Waals surface area contributed by atoms with Crippen LogP contribution in [0, 0.1) is 0 Å². The van der Waals surface area contributed by atoms with Crippen molar-refractivity contribution in [2.45, 2.75) is 13.0 Å². The number of amides is 1. The highest BCUT2D eigenvalue weighted by Gasteiger charge is 2.17. The minimum absolute atomic E-state index is 0.113. The van der Waals surface area contributed by atoms with Crippen LogP contribution in [0.1, 0.15) is 12.0 Å². The molecule has 0 aliphatic carbocycles. The fourth-order valence-electron chi connectivity index (χ4n) is 2.26. The first-order valence-electron chi connectivity index (χ1n) is 8.12. The molecule has 0 unspecified atom stereocenters. The Morgan fingerprint density at radius 3 is 2.62 bits per heavy atom. The Hall–Kier alpha value is -3.09. The van der Waals surface area contributed by atoms with Crippen LogP contribution in [-0.2, 0) is 20.9 Å². The van der Waals surface area contributed by atoms with E-state index < -0.39 is 0 Å². The van der Waals surface area contributed by atoms with Crippen LogP contribution in [-0.4, -0.2) is 49.1 Å². The van der Waals surface area contributed by atoms with E-state index in [4.69, 9.17) is 9.47 Å². The molecule has 7 nitrogen and oxygen atoms in total. The van der Waals surface area contributed by atoms with Crippen LogP contribution in [0.5, 0.6) is 11.5 Å². The number of nitrogens with zero attached hydrogens (tertiary/aromatic N) is 2. The van der Waals surface area contributed by atoms with Gasteiger partial charge in [-0.1, -0.05) is 12.1 Å². The Bertz CT molecular complexity index is 721. The zero-order chi connectivity index (χ0) is 18.8. The van der Waals surface area contributed by atoms with Gasteiger partial charge in [-0.15, -0.1) is 0 Å². The standard InChI is InChI=1S/C19H22N2O5/c1-24-16-6-3-7-17(11-16)26-14-18(22)21(10-8-19(23)25-2)13-15-5-4-9-20-12-15/h3-7,9,11-12H,8,10,13-14H2,1-2H3. The molecule has 0 saturated heterocycles. The van der Waals surface area contributed by atoms with Gasteiger partial charge < -0.3 is 19.1 Å². The fraction of sp³-hybridized carbons (Fsp3) is 0.316. The SMILES string of the molecule is COC(=O)CCN(Cc1cccnc1)C(=O)COc1cccc(OC)c1. The van der Waals surface area contributed by atoms with Gasteiger partial charge >= 0.3 is 5.97 Å². The molecule has 0 radical (unpaired) electrons. The third-order valence-corrected chi connectivity index (χ3v) is 3.67. The van der Waals surface area contributed by atoms with Crippen LogP contribution in [0.15, 0.2) is 48.8 Å². The van der Waals surface area contributed by atoms with Gasteiger partial charge in [0.15, 0.2) is 6.61 Å². The molecule has 0 N–H and O–H groups in total. The highest BCUT2D eigenvalue weighted by Crippen LogP contribution is 2.19. The predicted molar refractivity (Wildman–Crippen MR) is 94.8 cm³/mol. The molecule has 0 fully saturated rings. The van der Waals surface area contributed by atoms with Gasteiger partial charge in [-0.3, -0.25) is 14.6 Å². The van der Waals surface area contributed by atoms with E-state index in [9.17, 15) is 9.59 Å². The quantitative estimate of drug-likeness (QED) is 0.639. The summed E-state index contributed by atoms with van der Waals surface area (Å²) in [5.41, 5.74) is 0.868. The molecule has 1 aromatic heterocycles. The average Bonchev–Trinajstić information content (AvgIpc) is 2.69. The van der Waals surface area contributed by atoms with Gasteiger partial charge in [0.1, 0.15) is 11.5 Å². The molecule has 2 aromatic rings. The number of aromatic nitrogens is 1. The molecule has 0 bridgehead atoms. The van der Waals surface area contributed by atoms with E-state index >= 15 is 0 Å². The monoisotopic (exact) mass is 358 g/mol. The van der Waals surface area contributed by atoms with Crippen LogP contribution < -0.4 is 9.47 Å². The Morgan fingerprint density at radius 2 is 1.92 bits per heavy atom. The van der Waals surface area contributed by atoms with Gasteiger partial charge in [0, 0.05) is 31.5 Å². The Balaban J connectivity index is 1.99. The van der Waals surface area contributed by atoms with Crippen molar-refractivity contribution in [1.29, 1.82) is 0 Å². The summed E-state index contributed by atoms with van der Waals surface area (Å²) in [6.07, 6.45) is 3.46. The molecule has 1 aromatic carbocycles. The summed E-state index contributed by atoms with van der Waals surface area (Å²) in [5.74, 6) is 0.572. The van der Waals surface area contributed by atoms with E-state index in [2.05, 4.69) is 9.72 Å². The van der Waals surface area contributed by atoms with Crippen molar-refractivity contribution in [3.63, 3.8) is 0 Å². The molecule has 26 heavy (non-hydrogen) atoms. The maximum atomic E-state index is 12.6. The molecule has 0 spiro atoms. The molecular weight excluding hydrogens is 336 g/mol. The third kappa shape index (κ3) is 6.08. The third-order valence-electron chi connectivity index (χ3n) is 3.67. The van der Waals surface area contributed by atoms with Gasteiger partial charge in [-0.2, -0.15) is 0 Å². The van der Waals surface area contributed by atoms with Crippen LogP contribution in [0.4, 0.5) is 0 Å². The summed E-state index contributed by atoms with van der Waals surface area (Å²) in [6, 6.07) is 10.7. The normalized spacial score (nSPS) is 10.1. The van der Waals surface area contributed by atoms with E-state index in [-0.39, 0.29) is 31.4 Å². The molecule has 0 atom stereocenters. The number of esters is 1. The van der Waals surface area contributed by atoms with Crippen molar-refractivity contribution in [1.82, 2.24) is 9.88 Å². The molecule has 0 saturated carbocycles. The maximum absolute atomic E-state index is 12.6. The molecule has 138 valence electrons. The predicted octanol–water partition coefficient (Wildman–Crippen LogP) is 2.06. The lowest BCUT2D eigenvalue weighted by Crippen LogP contribution is -2.36. The Kier molecular flexibility index (Phi) is 7.42. The first-order chi connectivity index (χ1) is 12.6. The summed E-state index contributed by atoms with van der Waals surface area (Å²) >= 11 is 0. The zero-order valence-corrected chi connectivity index (χ0v) is 14.9. The van der Waals surface area contributed by atoms with Crippen molar-refractivity contribution < 1.29 is 23.8 Å². The van der Waals surface area contributed by atoms with E-state index in [1.807, 2.05) is 6.07 Å². The topological polar surface area (TPSA) is 78.0 Å². The van der Waals surface area contributed by atoms with Crippen molar-refractivity contribution in [3.8, 4) is 11.5 Å². The number of hydrogen-bond donors (Lipinski definition) is 0. The average molecular weight is 358 g/mol. The first kappa shape index (κ1) is 19.2. The smallest absolute Gasteiger partial charge is 0.307 e.